The van der Waals surface area contributed by atoms with Gasteiger partial charge in [0.05, 0.1) is 5.92 Å². The number of carboxylic acid groups (broad SMARTS) is 1. The number of aliphatic carboxylic acids is 1. The fourth-order valence-electron chi connectivity index (χ4n) is 5.37. The van der Waals surface area contributed by atoms with Gasteiger partial charge >= 0.3 is 5.97 Å². The summed E-state index contributed by atoms with van der Waals surface area (Å²) in [7, 11) is 0. The van der Waals surface area contributed by atoms with Gasteiger partial charge in [-0.15, -0.1) is 0 Å². The lowest BCUT2D eigenvalue weighted by atomic mass is 9.60. The molecule has 5 nitrogen and oxygen atoms in total. The Balaban J connectivity index is 2.15. The molecule has 0 saturated heterocycles. The molecule has 0 bridgehead atoms. The SMILES string of the molecule is CC(C(=O)O)c1c(C2(C)CCCC(C)(C)C2)ccc2c1CN(CCN)C2=O. The Morgan fingerprint density at radius 3 is 2.59 bits per heavy atom. The van der Waals surface area contributed by atoms with Crippen molar-refractivity contribution < 1.29 is 14.7 Å². The molecule has 1 fully saturated rings. The molecule has 2 unspecified atom stereocenters. The molecular weight excluding hydrogens is 340 g/mol. The Hall–Kier alpha value is -1.88. The first-order chi connectivity index (χ1) is 12.6. The lowest BCUT2D eigenvalue weighted by Crippen LogP contribution is -2.36. The van der Waals surface area contributed by atoms with Crippen LogP contribution in [0.5, 0.6) is 0 Å². The predicted molar refractivity (Wildman–Crippen MR) is 106 cm³/mol. The maximum Gasteiger partial charge on any atom is 0.310 e. The summed E-state index contributed by atoms with van der Waals surface area (Å²) in [6.45, 7) is 9.97. The minimum absolute atomic E-state index is 0.0324. The molecule has 1 aromatic rings. The average Bonchev–Trinajstić information content (AvgIpc) is 2.89. The number of fused-ring (bicyclic) bond motifs is 1. The van der Waals surface area contributed by atoms with Gasteiger partial charge in [-0.05, 0) is 59.8 Å². The lowest BCUT2D eigenvalue weighted by Gasteiger charge is -2.44. The molecule has 1 aliphatic heterocycles. The Morgan fingerprint density at radius 2 is 2.00 bits per heavy atom. The van der Waals surface area contributed by atoms with E-state index in [1.54, 1.807) is 11.8 Å². The van der Waals surface area contributed by atoms with Crippen LogP contribution in [0.4, 0.5) is 0 Å². The first-order valence-electron chi connectivity index (χ1n) is 9.98. The van der Waals surface area contributed by atoms with Crippen LogP contribution in [0, 0.1) is 5.41 Å². The summed E-state index contributed by atoms with van der Waals surface area (Å²) in [4.78, 5) is 26.4. The van der Waals surface area contributed by atoms with Crippen LogP contribution in [0.15, 0.2) is 12.1 Å². The monoisotopic (exact) mass is 372 g/mol. The third-order valence-corrected chi connectivity index (χ3v) is 6.53. The minimum Gasteiger partial charge on any atom is -0.481 e. The zero-order valence-electron chi connectivity index (χ0n) is 17.0. The van der Waals surface area contributed by atoms with E-state index in [0.29, 0.717) is 25.2 Å². The van der Waals surface area contributed by atoms with E-state index in [2.05, 4.69) is 20.8 Å². The largest absolute Gasteiger partial charge is 0.481 e. The average molecular weight is 373 g/mol. The van der Waals surface area contributed by atoms with E-state index in [9.17, 15) is 14.7 Å². The van der Waals surface area contributed by atoms with Gasteiger partial charge in [-0.25, -0.2) is 0 Å². The van der Waals surface area contributed by atoms with Gasteiger partial charge in [0.2, 0.25) is 0 Å². The summed E-state index contributed by atoms with van der Waals surface area (Å²) in [5, 5.41) is 9.79. The molecular formula is C22H32N2O3. The number of amides is 1. The van der Waals surface area contributed by atoms with Crippen LogP contribution in [0.2, 0.25) is 0 Å². The number of nitrogens with two attached hydrogens (primary N) is 1. The lowest BCUT2D eigenvalue weighted by molar-refractivity contribution is -0.138. The third-order valence-electron chi connectivity index (χ3n) is 6.53. The number of hydrogen-bond donors (Lipinski definition) is 2. The quantitative estimate of drug-likeness (QED) is 0.826. The number of hydrogen-bond acceptors (Lipinski definition) is 3. The molecule has 1 amide bonds. The smallest absolute Gasteiger partial charge is 0.310 e. The second kappa shape index (κ2) is 6.93. The molecule has 27 heavy (non-hydrogen) atoms. The van der Waals surface area contributed by atoms with Crippen LogP contribution in [0.25, 0.3) is 0 Å². The number of benzene rings is 1. The van der Waals surface area contributed by atoms with Crippen molar-refractivity contribution in [2.45, 2.75) is 71.3 Å². The van der Waals surface area contributed by atoms with Crippen LogP contribution in [0.1, 0.15) is 86.3 Å². The van der Waals surface area contributed by atoms with Crippen LogP contribution in [-0.2, 0) is 16.8 Å². The van der Waals surface area contributed by atoms with E-state index in [-0.39, 0.29) is 16.7 Å². The van der Waals surface area contributed by atoms with Crippen LogP contribution in [0.3, 0.4) is 0 Å². The summed E-state index contributed by atoms with van der Waals surface area (Å²) in [6, 6.07) is 3.94. The van der Waals surface area contributed by atoms with Gasteiger partial charge in [-0.3, -0.25) is 9.59 Å². The van der Waals surface area contributed by atoms with Crippen molar-refractivity contribution in [2.75, 3.05) is 13.1 Å². The molecule has 2 aliphatic rings. The van der Waals surface area contributed by atoms with E-state index in [4.69, 9.17) is 5.73 Å². The van der Waals surface area contributed by atoms with Crippen molar-refractivity contribution in [2.24, 2.45) is 11.1 Å². The molecule has 3 N–H and O–H groups in total. The van der Waals surface area contributed by atoms with Crippen LogP contribution < -0.4 is 5.73 Å². The highest BCUT2D eigenvalue weighted by molar-refractivity contribution is 5.99. The zero-order chi connectivity index (χ0) is 20.0. The third kappa shape index (κ3) is 3.49. The molecule has 5 heteroatoms. The van der Waals surface area contributed by atoms with E-state index < -0.39 is 11.9 Å². The molecule has 3 rings (SSSR count). The fourth-order valence-corrected chi connectivity index (χ4v) is 5.37. The van der Waals surface area contributed by atoms with Gasteiger partial charge in [0, 0.05) is 25.2 Å². The summed E-state index contributed by atoms with van der Waals surface area (Å²) in [6.07, 6.45) is 4.41. The van der Waals surface area contributed by atoms with Gasteiger partial charge in [0.1, 0.15) is 0 Å². The van der Waals surface area contributed by atoms with Gasteiger partial charge in [0.15, 0.2) is 0 Å². The number of carboxylic acids is 1. The molecule has 1 heterocycles. The van der Waals surface area contributed by atoms with Gasteiger partial charge in [0.25, 0.3) is 5.91 Å². The molecule has 1 aliphatic carbocycles. The van der Waals surface area contributed by atoms with Crippen molar-refractivity contribution in [3.63, 3.8) is 0 Å². The second-order valence-corrected chi connectivity index (χ2v) is 9.38. The van der Waals surface area contributed by atoms with Crippen molar-refractivity contribution in [3.8, 4) is 0 Å². The zero-order valence-corrected chi connectivity index (χ0v) is 17.0. The second-order valence-electron chi connectivity index (χ2n) is 9.38. The number of carbonyl (C=O) groups is 2. The molecule has 0 spiro atoms. The molecule has 0 aromatic heterocycles. The van der Waals surface area contributed by atoms with Gasteiger partial charge in [-0.1, -0.05) is 33.3 Å². The summed E-state index contributed by atoms with van der Waals surface area (Å²) >= 11 is 0. The Labute approximate surface area is 161 Å². The topological polar surface area (TPSA) is 83.6 Å². The van der Waals surface area contributed by atoms with Crippen molar-refractivity contribution in [3.05, 3.63) is 34.4 Å². The van der Waals surface area contributed by atoms with E-state index in [1.165, 1.54) is 6.42 Å². The van der Waals surface area contributed by atoms with Crippen molar-refractivity contribution in [1.29, 1.82) is 0 Å². The Morgan fingerprint density at radius 1 is 1.30 bits per heavy atom. The van der Waals surface area contributed by atoms with Crippen molar-refractivity contribution in [1.82, 2.24) is 4.90 Å². The first kappa shape index (κ1) is 19.9. The van der Waals surface area contributed by atoms with E-state index in [1.807, 2.05) is 12.1 Å². The molecule has 1 saturated carbocycles. The Kier molecular flexibility index (Phi) is 5.10. The predicted octanol–water partition coefficient (Wildman–Crippen LogP) is 3.65. The molecule has 148 valence electrons. The van der Waals surface area contributed by atoms with Gasteiger partial charge in [-0.2, -0.15) is 0 Å². The van der Waals surface area contributed by atoms with Crippen LogP contribution >= 0.6 is 0 Å². The maximum absolute atomic E-state index is 12.7. The van der Waals surface area contributed by atoms with E-state index >= 15 is 0 Å². The van der Waals surface area contributed by atoms with Crippen LogP contribution in [-0.4, -0.2) is 35.0 Å². The standard InChI is InChI=1S/C22H32N2O3/c1-14(20(26)27)18-16-12-24(11-10-23)19(25)15(16)6-7-17(18)22(4)9-5-8-21(2,3)13-22/h6-7,14H,5,8-13,23H2,1-4H3,(H,26,27). The van der Waals surface area contributed by atoms with Gasteiger partial charge < -0.3 is 15.7 Å². The number of carbonyl (C=O) groups excluding carboxylic acids is 1. The summed E-state index contributed by atoms with van der Waals surface area (Å²) in [5.41, 5.74) is 9.34. The molecule has 2 atom stereocenters. The highest BCUT2D eigenvalue weighted by Gasteiger charge is 2.42. The minimum atomic E-state index is -0.840. The summed E-state index contributed by atoms with van der Waals surface area (Å²) < 4.78 is 0. The summed E-state index contributed by atoms with van der Waals surface area (Å²) in [5.74, 6) is -1.51. The highest BCUT2D eigenvalue weighted by Crippen LogP contribution is 2.50. The molecule has 0 radical (unpaired) electrons. The first-order valence-corrected chi connectivity index (χ1v) is 9.98. The van der Waals surface area contributed by atoms with Crippen molar-refractivity contribution >= 4 is 11.9 Å². The maximum atomic E-state index is 12.7. The Bertz CT molecular complexity index is 771. The number of nitrogens with zero attached hydrogens (tertiary/aromatic N) is 1. The van der Waals surface area contributed by atoms with E-state index in [0.717, 1.165) is 36.0 Å². The fraction of sp³-hybridized carbons (Fsp3) is 0.636. The normalized spacial score (nSPS) is 25.4. The highest BCUT2D eigenvalue weighted by atomic mass is 16.4. The molecule has 1 aromatic carbocycles. The number of rotatable bonds is 5.